The maximum absolute atomic E-state index is 12.6. The minimum absolute atomic E-state index is 0.176. The van der Waals surface area contributed by atoms with Gasteiger partial charge in [-0.3, -0.25) is 4.79 Å². The topological polar surface area (TPSA) is 23.6 Å². The molecule has 2 saturated heterocycles. The van der Waals surface area contributed by atoms with Gasteiger partial charge in [0, 0.05) is 13.6 Å². The number of hydrogen-bond donors (Lipinski definition) is 0. The number of piperidine rings is 1. The Bertz CT molecular complexity index is 548. The van der Waals surface area contributed by atoms with Gasteiger partial charge in [-0.05, 0) is 62.9 Å². The Labute approximate surface area is 134 Å². The fraction of sp³-hybridized carbons (Fsp3) is 0.632. The number of hydrogen-bond acceptors (Lipinski definition) is 2. The van der Waals surface area contributed by atoms with Crippen LogP contribution in [0.3, 0.4) is 0 Å². The highest BCUT2D eigenvalue weighted by molar-refractivity contribution is 5.81. The van der Waals surface area contributed by atoms with E-state index in [4.69, 9.17) is 0 Å². The van der Waals surface area contributed by atoms with Gasteiger partial charge in [0.1, 0.15) is 0 Å². The standard InChI is InChI=1S/C19H28N2O/c1-14-7-8-16(11-15(14)2)18-12-17(19(22)20(18)3)13-21-9-5-4-6-10-21/h7-8,11,17-18H,4-6,9-10,12-13H2,1-3H3/t17-,18+/m1/s1. The predicted octanol–water partition coefficient (Wildman–Crippen LogP) is 3.31. The molecule has 0 aromatic heterocycles. The predicted molar refractivity (Wildman–Crippen MR) is 89.8 cm³/mol. The van der Waals surface area contributed by atoms with Gasteiger partial charge in [-0.1, -0.05) is 24.6 Å². The molecule has 0 saturated carbocycles. The van der Waals surface area contributed by atoms with E-state index in [1.54, 1.807) is 0 Å². The van der Waals surface area contributed by atoms with Crippen LogP contribution in [0.25, 0.3) is 0 Å². The Balaban J connectivity index is 1.71. The molecule has 0 bridgehead atoms. The van der Waals surface area contributed by atoms with Gasteiger partial charge >= 0.3 is 0 Å². The lowest BCUT2D eigenvalue weighted by atomic mass is 9.96. The first-order valence-electron chi connectivity index (χ1n) is 8.62. The summed E-state index contributed by atoms with van der Waals surface area (Å²) in [6, 6.07) is 6.88. The lowest BCUT2D eigenvalue weighted by Gasteiger charge is -2.28. The largest absolute Gasteiger partial charge is 0.338 e. The van der Waals surface area contributed by atoms with Crippen LogP contribution in [0.15, 0.2) is 18.2 Å². The van der Waals surface area contributed by atoms with Crippen molar-refractivity contribution in [3.63, 3.8) is 0 Å². The van der Waals surface area contributed by atoms with Crippen molar-refractivity contribution in [2.75, 3.05) is 26.7 Å². The third kappa shape index (κ3) is 3.05. The quantitative estimate of drug-likeness (QED) is 0.855. The van der Waals surface area contributed by atoms with Crippen LogP contribution in [0.5, 0.6) is 0 Å². The molecule has 2 fully saturated rings. The molecule has 2 atom stereocenters. The van der Waals surface area contributed by atoms with Crippen molar-refractivity contribution < 1.29 is 4.79 Å². The van der Waals surface area contributed by atoms with Crippen LogP contribution >= 0.6 is 0 Å². The zero-order valence-corrected chi connectivity index (χ0v) is 14.1. The average molecular weight is 300 g/mol. The van der Waals surface area contributed by atoms with Crippen molar-refractivity contribution in [3.05, 3.63) is 34.9 Å². The average Bonchev–Trinajstić information content (AvgIpc) is 2.80. The third-order valence-electron chi connectivity index (χ3n) is 5.52. The van der Waals surface area contributed by atoms with E-state index in [0.717, 1.165) is 13.0 Å². The Morgan fingerprint density at radius 3 is 2.50 bits per heavy atom. The number of nitrogens with zero attached hydrogens (tertiary/aromatic N) is 2. The normalized spacial score (nSPS) is 26.7. The van der Waals surface area contributed by atoms with E-state index in [2.05, 4.69) is 36.9 Å². The van der Waals surface area contributed by atoms with Crippen molar-refractivity contribution in [2.45, 2.75) is 45.6 Å². The summed E-state index contributed by atoms with van der Waals surface area (Å²) in [5.74, 6) is 0.503. The summed E-state index contributed by atoms with van der Waals surface area (Å²) in [6.45, 7) is 7.58. The highest BCUT2D eigenvalue weighted by atomic mass is 16.2. The third-order valence-corrected chi connectivity index (χ3v) is 5.52. The second-order valence-electron chi connectivity index (χ2n) is 7.10. The van der Waals surface area contributed by atoms with Crippen LogP contribution in [0.2, 0.25) is 0 Å². The first-order valence-corrected chi connectivity index (χ1v) is 8.62. The molecule has 3 rings (SSSR count). The molecule has 0 radical (unpaired) electrons. The van der Waals surface area contributed by atoms with Crippen LogP contribution in [0, 0.1) is 19.8 Å². The lowest BCUT2D eigenvalue weighted by molar-refractivity contribution is -0.131. The van der Waals surface area contributed by atoms with Gasteiger partial charge in [0.2, 0.25) is 5.91 Å². The van der Waals surface area contributed by atoms with E-state index in [1.165, 1.54) is 49.0 Å². The molecule has 2 heterocycles. The Kier molecular flexibility index (Phi) is 4.53. The number of likely N-dealkylation sites (tertiary alicyclic amines) is 2. The summed E-state index contributed by atoms with van der Waals surface area (Å²) in [5.41, 5.74) is 3.93. The Hall–Kier alpha value is -1.35. The van der Waals surface area contributed by atoms with E-state index in [-0.39, 0.29) is 12.0 Å². The van der Waals surface area contributed by atoms with E-state index in [9.17, 15) is 4.79 Å². The van der Waals surface area contributed by atoms with Gasteiger partial charge in [-0.2, -0.15) is 0 Å². The van der Waals surface area contributed by atoms with Crippen LogP contribution < -0.4 is 0 Å². The molecular weight excluding hydrogens is 272 g/mol. The molecule has 3 heteroatoms. The number of rotatable bonds is 3. The van der Waals surface area contributed by atoms with Gasteiger partial charge in [0.15, 0.2) is 0 Å². The van der Waals surface area contributed by atoms with Gasteiger partial charge in [-0.25, -0.2) is 0 Å². The van der Waals surface area contributed by atoms with Crippen LogP contribution in [-0.4, -0.2) is 42.4 Å². The van der Waals surface area contributed by atoms with Crippen molar-refractivity contribution in [3.8, 4) is 0 Å². The number of aryl methyl sites for hydroxylation is 2. The second-order valence-corrected chi connectivity index (χ2v) is 7.10. The highest BCUT2D eigenvalue weighted by Crippen LogP contribution is 2.36. The number of carbonyl (C=O) groups is 1. The lowest BCUT2D eigenvalue weighted by Crippen LogP contribution is -2.36. The molecule has 0 unspecified atom stereocenters. The summed E-state index contributed by atoms with van der Waals surface area (Å²) in [5, 5.41) is 0. The number of amides is 1. The van der Waals surface area contributed by atoms with Gasteiger partial charge < -0.3 is 9.80 Å². The first-order chi connectivity index (χ1) is 10.6. The summed E-state index contributed by atoms with van der Waals surface area (Å²) in [6.07, 6.45) is 4.89. The van der Waals surface area contributed by atoms with E-state index < -0.39 is 0 Å². The SMILES string of the molecule is Cc1ccc([C@@H]2C[C@H](CN3CCCCC3)C(=O)N2C)cc1C. The number of carbonyl (C=O) groups excluding carboxylic acids is 1. The molecule has 2 aliphatic rings. The molecule has 1 aromatic carbocycles. The van der Waals surface area contributed by atoms with Crippen molar-refractivity contribution in [2.24, 2.45) is 5.92 Å². The fourth-order valence-corrected chi connectivity index (χ4v) is 3.91. The first kappa shape index (κ1) is 15.5. The Morgan fingerprint density at radius 2 is 1.82 bits per heavy atom. The second kappa shape index (κ2) is 6.41. The zero-order chi connectivity index (χ0) is 15.7. The van der Waals surface area contributed by atoms with Gasteiger partial charge in [-0.15, -0.1) is 0 Å². The van der Waals surface area contributed by atoms with Crippen LogP contribution in [0.1, 0.15) is 48.4 Å². The molecule has 3 nitrogen and oxygen atoms in total. The molecule has 0 spiro atoms. The zero-order valence-electron chi connectivity index (χ0n) is 14.1. The van der Waals surface area contributed by atoms with E-state index >= 15 is 0 Å². The summed E-state index contributed by atoms with van der Waals surface area (Å²) < 4.78 is 0. The Morgan fingerprint density at radius 1 is 1.09 bits per heavy atom. The van der Waals surface area contributed by atoms with Crippen LogP contribution in [-0.2, 0) is 4.79 Å². The minimum atomic E-state index is 0.176. The van der Waals surface area contributed by atoms with Gasteiger partial charge in [0.25, 0.3) is 0 Å². The van der Waals surface area contributed by atoms with Crippen LogP contribution in [0.4, 0.5) is 0 Å². The maximum atomic E-state index is 12.6. The highest BCUT2D eigenvalue weighted by Gasteiger charge is 2.38. The van der Waals surface area contributed by atoms with Crippen molar-refractivity contribution in [1.29, 1.82) is 0 Å². The molecule has 22 heavy (non-hydrogen) atoms. The summed E-state index contributed by atoms with van der Waals surface area (Å²) in [4.78, 5) is 17.1. The molecule has 0 aliphatic carbocycles. The molecule has 120 valence electrons. The molecular formula is C19H28N2O. The molecule has 2 aliphatic heterocycles. The fourth-order valence-electron chi connectivity index (χ4n) is 3.91. The van der Waals surface area contributed by atoms with Crippen molar-refractivity contribution >= 4 is 5.91 Å². The molecule has 1 aromatic rings. The number of benzene rings is 1. The summed E-state index contributed by atoms with van der Waals surface area (Å²) >= 11 is 0. The molecule has 0 N–H and O–H groups in total. The molecule has 1 amide bonds. The monoisotopic (exact) mass is 300 g/mol. The summed E-state index contributed by atoms with van der Waals surface area (Å²) in [7, 11) is 1.97. The van der Waals surface area contributed by atoms with Gasteiger partial charge in [0.05, 0.1) is 12.0 Å². The van der Waals surface area contributed by atoms with E-state index in [0.29, 0.717) is 5.91 Å². The van der Waals surface area contributed by atoms with Crippen molar-refractivity contribution in [1.82, 2.24) is 9.80 Å². The maximum Gasteiger partial charge on any atom is 0.227 e. The minimum Gasteiger partial charge on any atom is -0.338 e. The van der Waals surface area contributed by atoms with E-state index in [1.807, 2.05) is 11.9 Å². The smallest absolute Gasteiger partial charge is 0.227 e.